The molecule has 1 fully saturated rings. The van der Waals surface area contributed by atoms with Gasteiger partial charge in [0.1, 0.15) is 22.3 Å². The fraction of sp³-hybridized carbons (Fsp3) is 0.125. The molecule has 0 aliphatic heterocycles. The van der Waals surface area contributed by atoms with Crippen LogP contribution in [0, 0.1) is 0 Å². The van der Waals surface area contributed by atoms with Gasteiger partial charge in [-0.25, -0.2) is 0 Å². The second-order valence-electron chi connectivity index (χ2n) is 13.9. The minimum Gasteiger partial charge on any atom is -0.456 e. The molecule has 0 unspecified atom stereocenters. The minimum atomic E-state index is 0.619. The maximum absolute atomic E-state index is 6.53. The Balaban J connectivity index is 1.10. The maximum Gasteiger partial charge on any atom is 0.137 e. The molecule has 51 heavy (non-hydrogen) atoms. The lowest BCUT2D eigenvalue weighted by Gasteiger charge is -2.27. The Morgan fingerprint density at radius 3 is 1.80 bits per heavy atom. The van der Waals surface area contributed by atoms with Crippen LogP contribution < -0.4 is 4.90 Å². The van der Waals surface area contributed by atoms with E-state index in [2.05, 4.69) is 150 Å². The molecule has 0 N–H and O–H groups in total. The van der Waals surface area contributed by atoms with Crippen LogP contribution in [0.15, 0.2) is 167 Å². The Morgan fingerprint density at radius 1 is 0.412 bits per heavy atom. The lowest BCUT2D eigenvalue weighted by molar-refractivity contribution is 0.444. The van der Waals surface area contributed by atoms with E-state index in [1.54, 1.807) is 0 Å². The summed E-state index contributed by atoms with van der Waals surface area (Å²) in [5.41, 5.74) is 13.1. The maximum atomic E-state index is 6.53. The fourth-order valence-corrected chi connectivity index (χ4v) is 8.27. The SMILES string of the molecule is c1ccc(-c2ccc(N(c3ccc(-c4ccc5c(c4)oc4ccccc45)cc3)c3cccc4oc5ccc(C6CCCCC6)cc5c34)cc2)cc1. The summed E-state index contributed by atoms with van der Waals surface area (Å²) in [5, 5.41) is 4.63. The molecule has 10 rings (SSSR count). The number of hydrogen-bond acceptors (Lipinski definition) is 3. The van der Waals surface area contributed by atoms with Gasteiger partial charge in [0.05, 0.1) is 11.1 Å². The smallest absolute Gasteiger partial charge is 0.137 e. The molecule has 7 aromatic carbocycles. The molecule has 0 amide bonds. The summed E-state index contributed by atoms with van der Waals surface area (Å²) in [5.74, 6) is 0.619. The summed E-state index contributed by atoms with van der Waals surface area (Å²) < 4.78 is 12.8. The van der Waals surface area contributed by atoms with Gasteiger partial charge in [-0.15, -0.1) is 0 Å². The zero-order valence-corrected chi connectivity index (χ0v) is 28.4. The summed E-state index contributed by atoms with van der Waals surface area (Å²) in [6.07, 6.45) is 6.51. The van der Waals surface area contributed by atoms with E-state index in [9.17, 15) is 0 Å². The summed E-state index contributed by atoms with van der Waals surface area (Å²) >= 11 is 0. The normalized spacial score (nSPS) is 13.8. The molecule has 9 aromatic rings. The van der Waals surface area contributed by atoms with Gasteiger partial charge in [-0.2, -0.15) is 0 Å². The van der Waals surface area contributed by atoms with E-state index < -0.39 is 0 Å². The summed E-state index contributed by atoms with van der Waals surface area (Å²) in [6, 6.07) is 56.5. The van der Waals surface area contributed by atoms with Crippen molar-refractivity contribution in [3.63, 3.8) is 0 Å². The van der Waals surface area contributed by atoms with Gasteiger partial charge in [0.2, 0.25) is 0 Å². The molecule has 0 spiro atoms. The number of anilines is 3. The first-order chi connectivity index (χ1) is 25.3. The number of furan rings is 2. The van der Waals surface area contributed by atoms with Crippen molar-refractivity contribution < 1.29 is 8.83 Å². The number of fused-ring (bicyclic) bond motifs is 6. The predicted octanol–water partition coefficient (Wildman–Crippen LogP) is 14.3. The monoisotopic (exact) mass is 659 g/mol. The highest BCUT2D eigenvalue weighted by molar-refractivity contribution is 6.13. The minimum absolute atomic E-state index is 0.619. The van der Waals surface area contributed by atoms with Gasteiger partial charge in [-0.3, -0.25) is 0 Å². The zero-order valence-electron chi connectivity index (χ0n) is 28.4. The number of benzene rings is 7. The van der Waals surface area contributed by atoms with Crippen LogP contribution in [0.3, 0.4) is 0 Å². The third kappa shape index (κ3) is 5.28. The van der Waals surface area contributed by atoms with Crippen LogP contribution in [-0.2, 0) is 0 Å². The average Bonchev–Trinajstić information content (AvgIpc) is 3.77. The van der Waals surface area contributed by atoms with E-state index in [1.165, 1.54) is 54.2 Å². The summed E-state index contributed by atoms with van der Waals surface area (Å²) in [7, 11) is 0. The van der Waals surface area contributed by atoms with Gasteiger partial charge in [0, 0.05) is 27.5 Å². The fourth-order valence-electron chi connectivity index (χ4n) is 8.27. The van der Waals surface area contributed by atoms with Crippen molar-refractivity contribution in [2.24, 2.45) is 0 Å². The third-order valence-corrected chi connectivity index (χ3v) is 10.9. The Morgan fingerprint density at radius 2 is 1.02 bits per heavy atom. The van der Waals surface area contributed by atoms with E-state index in [1.807, 2.05) is 12.1 Å². The number of para-hydroxylation sites is 1. The number of nitrogens with zero attached hydrogens (tertiary/aromatic N) is 1. The summed E-state index contributed by atoms with van der Waals surface area (Å²) in [4.78, 5) is 2.38. The van der Waals surface area contributed by atoms with Crippen molar-refractivity contribution in [3.8, 4) is 22.3 Å². The van der Waals surface area contributed by atoms with E-state index in [0.717, 1.165) is 66.7 Å². The molecule has 3 nitrogen and oxygen atoms in total. The quantitative estimate of drug-likeness (QED) is 0.178. The molecule has 0 atom stereocenters. The Bertz CT molecular complexity index is 2660. The lowest BCUT2D eigenvalue weighted by Crippen LogP contribution is -2.10. The second-order valence-corrected chi connectivity index (χ2v) is 13.9. The van der Waals surface area contributed by atoms with E-state index >= 15 is 0 Å². The van der Waals surface area contributed by atoms with Gasteiger partial charge >= 0.3 is 0 Å². The standard InChI is InChI=1S/C48H37NO2/c1-3-10-32(11-4-1)34-18-24-38(25-19-34)49(39-26-20-35(21-27-39)37-22-28-41-40-14-7-8-16-44(40)51-47(41)31-37)43-15-9-17-46-48(43)42-30-36(23-29-45(42)50-46)33-12-5-2-6-13-33/h1,3-4,7-11,14-31,33H,2,5-6,12-13H2. The number of hydrogen-bond donors (Lipinski definition) is 0. The van der Waals surface area contributed by atoms with Crippen LogP contribution in [-0.4, -0.2) is 0 Å². The van der Waals surface area contributed by atoms with Gasteiger partial charge in [-0.1, -0.05) is 110 Å². The first-order valence-corrected chi connectivity index (χ1v) is 18.2. The van der Waals surface area contributed by atoms with Crippen LogP contribution in [0.25, 0.3) is 66.1 Å². The highest BCUT2D eigenvalue weighted by atomic mass is 16.3. The van der Waals surface area contributed by atoms with Crippen LogP contribution in [0.1, 0.15) is 43.6 Å². The van der Waals surface area contributed by atoms with Crippen LogP contribution >= 0.6 is 0 Å². The second kappa shape index (κ2) is 12.4. The van der Waals surface area contributed by atoms with Crippen molar-refractivity contribution in [2.75, 3.05) is 4.90 Å². The summed E-state index contributed by atoms with van der Waals surface area (Å²) in [6.45, 7) is 0. The van der Waals surface area contributed by atoms with Gasteiger partial charge in [0.15, 0.2) is 0 Å². The number of rotatable bonds is 6. The van der Waals surface area contributed by atoms with Crippen LogP contribution in [0.4, 0.5) is 17.1 Å². The molecule has 2 aromatic heterocycles. The van der Waals surface area contributed by atoms with Gasteiger partial charge < -0.3 is 13.7 Å². The van der Waals surface area contributed by atoms with Gasteiger partial charge in [-0.05, 0) is 113 Å². The average molecular weight is 660 g/mol. The zero-order chi connectivity index (χ0) is 33.7. The molecule has 1 saturated carbocycles. The van der Waals surface area contributed by atoms with Crippen molar-refractivity contribution in [1.82, 2.24) is 0 Å². The Kier molecular flexibility index (Phi) is 7.23. The molecule has 3 heteroatoms. The van der Waals surface area contributed by atoms with Gasteiger partial charge in [0.25, 0.3) is 0 Å². The molecule has 1 aliphatic rings. The molecular weight excluding hydrogens is 623 g/mol. The van der Waals surface area contributed by atoms with Crippen molar-refractivity contribution in [2.45, 2.75) is 38.0 Å². The molecule has 0 bridgehead atoms. The molecule has 2 heterocycles. The molecule has 246 valence electrons. The molecule has 1 aliphatic carbocycles. The first kappa shape index (κ1) is 29.8. The van der Waals surface area contributed by atoms with Crippen molar-refractivity contribution in [3.05, 3.63) is 163 Å². The van der Waals surface area contributed by atoms with Crippen LogP contribution in [0.2, 0.25) is 0 Å². The van der Waals surface area contributed by atoms with Crippen LogP contribution in [0.5, 0.6) is 0 Å². The lowest BCUT2D eigenvalue weighted by atomic mass is 9.84. The predicted molar refractivity (Wildman–Crippen MR) is 212 cm³/mol. The largest absolute Gasteiger partial charge is 0.456 e. The molecular formula is C48H37NO2. The Labute approximate surface area is 297 Å². The highest BCUT2D eigenvalue weighted by Gasteiger charge is 2.22. The van der Waals surface area contributed by atoms with Crippen molar-refractivity contribution in [1.29, 1.82) is 0 Å². The molecule has 0 radical (unpaired) electrons. The first-order valence-electron chi connectivity index (χ1n) is 18.2. The van der Waals surface area contributed by atoms with E-state index in [0.29, 0.717) is 5.92 Å². The third-order valence-electron chi connectivity index (χ3n) is 10.9. The van der Waals surface area contributed by atoms with E-state index in [-0.39, 0.29) is 0 Å². The highest BCUT2D eigenvalue weighted by Crippen LogP contribution is 2.45. The van der Waals surface area contributed by atoms with Crippen molar-refractivity contribution >= 4 is 60.9 Å². The Hall–Kier alpha value is -6.06. The molecule has 0 saturated heterocycles. The topological polar surface area (TPSA) is 29.5 Å². The van der Waals surface area contributed by atoms with E-state index in [4.69, 9.17) is 8.83 Å².